The predicted octanol–water partition coefficient (Wildman–Crippen LogP) is 2.32. The van der Waals surface area contributed by atoms with Crippen molar-refractivity contribution in [3.8, 4) is 0 Å². The summed E-state index contributed by atoms with van der Waals surface area (Å²) in [7, 11) is 1.95. The zero-order valence-electron chi connectivity index (χ0n) is 12.3. The van der Waals surface area contributed by atoms with Crippen LogP contribution in [0.15, 0.2) is 6.20 Å². The SMILES string of the molecule is Cc1c(C(N)C2CC(C)(C)OC2(C)C)cnn1C. The molecule has 0 spiro atoms. The minimum Gasteiger partial charge on any atom is -0.369 e. The first kappa shape index (κ1) is 13.6. The first-order valence-corrected chi connectivity index (χ1v) is 6.58. The van der Waals surface area contributed by atoms with Crippen molar-refractivity contribution in [2.24, 2.45) is 18.7 Å². The third kappa shape index (κ3) is 2.19. The topological polar surface area (TPSA) is 53.1 Å². The van der Waals surface area contributed by atoms with Gasteiger partial charge in [0.2, 0.25) is 0 Å². The summed E-state index contributed by atoms with van der Waals surface area (Å²) < 4.78 is 8.01. The number of nitrogens with zero attached hydrogens (tertiary/aromatic N) is 2. The van der Waals surface area contributed by atoms with Crippen LogP contribution in [0.2, 0.25) is 0 Å². The summed E-state index contributed by atoms with van der Waals surface area (Å²) in [5.41, 5.74) is 8.47. The van der Waals surface area contributed by atoms with Gasteiger partial charge in [-0.25, -0.2) is 0 Å². The van der Waals surface area contributed by atoms with Gasteiger partial charge in [-0.1, -0.05) is 0 Å². The van der Waals surface area contributed by atoms with E-state index in [1.807, 2.05) is 17.9 Å². The standard InChI is InChI=1S/C14H25N3O/c1-9-10(8-16-17(9)6)12(15)11-7-13(2,3)18-14(11,4)5/h8,11-12H,7,15H2,1-6H3. The van der Waals surface area contributed by atoms with Crippen LogP contribution in [0, 0.1) is 12.8 Å². The van der Waals surface area contributed by atoms with Gasteiger partial charge < -0.3 is 10.5 Å². The fourth-order valence-corrected chi connectivity index (χ4v) is 3.22. The van der Waals surface area contributed by atoms with Crippen molar-refractivity contribution in [1.82, 2.24) is 9.78 Å². The molecule has 0 aliphatic carbocycles. The average Bonchev–Trinajstić information content (AvgIpc) is 2.64. The molecule has 0 aromatic carbocycles. The van der Waals surface area contributed by atoms with Gasteiger partial charge >= 0.3 is 0 Å². The van der Waals surface area contributed by atoms with Crippen molar-refractivity contribution in [3.05, 3.63) is 17.5 Å². The van der Waals surface area contributed by atoms with Crippen molar-refractivity contribution in [2.75, 3.05) is 0 Å². The number of aromatic nitrogens is 2. The lowest BCUT2D eigenvalue weighted by atomic mass is 9.79. The second-order valence-electron chi connectivity index (χ2n) is 6.61. The maximum Gasteiger partial charge on any atom is 0.0680 e. The van der Waals surface area contributed by atoms with E-state index < -0.39 is 0 Å². The molecule has 2 unspecified atom stereocenters. The van der Waals surface area contributed by atoms with Crippen molar-refractivity contribution in [2.45, 2.75) is 58.3 Å². The molecule has 4 heteroatoms. The summed E-state index contributed by atoms with van der Waals surface area (Å²) in [5.74, 6) is 0.315. The molecule has 0 radical (unpaired) electrons. The third-order valence-corrected chi connectivity index (χ3v) is 4.21. The molecule has 0 saturated carbocycles. The van der Waals surface area contributed by atoms with Gasteiger partial charge in [0.05, 0.1) is 17.4 Å². The van der Waals surface area contributed by atoms with E-state index in [2.05, 4.69) is 39.7 Å². The summed E-state index contributed by atoms with van der Waals surface area (Å²) in [6.45, 7) is 10.6. The van der Waals surface area contributed by atoms with Crippen LogP contribution in [0.1, 0.15) is 51.4 Å². The zero-order chi connectivity index (χ0) is 13.7. The Hall–Kier alpha value is -0.870. The van der Waals surface area contributed by atoms with E-state index in [1.54, 1.807) is 0 Å². The number of rotatable bonds is 2. The zero-order valence-corrected chi connectivity index (χ0v) is 12.3. The Labute approximate surface area is 110 Å². The molecule has 1 aliphatic heterocycles. The van der Waals surface area contributed by atoms with E-state index in [9.17, 15) is 0 Å². The monoisotopic (exact) mass is 251 g/mol. The maximum absolute atomic E-state index is 6.48. The number of hydrogen-bond acceptors (Lipinski definition) is 3. The van der Waals surface area contributed by atoms with Crippen LogP contribution in [0.5, 0.6) is 0 Å². The second-order valence-corrected chi connectivity index (χ2v) is 6.61. The smallest absolute Gasteiger partial charge is 0.0680 e. The van der Waals surface area contributed by atoms with Gasteiger partial charge in [-0.2, -0.15) is 5.10 Å². The van der Waals surface area contributed by atoms with Crippen LogP contribution in [0.3, 0.4) is 0 Å². The molecule has 102 valence electrons. The molecule has 18 heavy (non-hydrogen) atoms. The quantitative estimate of drug-likeness (QED) is 0.877. The van der Waals surface area contributed by atoms with Crippen LogP contribution in [-0.4, -0.2) is 21.0 Å². The largest absolute Gasteiger partial charge is 0.369 e. The molecule has 1 saturated heterocycles. The Bertz CT molecular complexity index is 448. The van der Waals surface area contributed by atoms with Crippen molar-refractivity contribution >= 4 is 0 Å². The molecule has 0 bridgehead atoms. The molecule has 1 fully saturated rings. The van der Waals surface area contributed by atoms with Gasteiger partial charge in [0.15, 0.2) is 0 Å². The first-order chi connectivity index (χ1) is 8.14. The summed E-state index contributed by atoms with van der Waals surface area (Å²) >= 11 is 0. The fraction of sp³-hybridized carbons (Fsp3) is 0.786. The van der Waals surface area contributed by atoms with E-state index in [0.717, 1.165) is 17.7 Å². The lowest BCUT2D eigenvalue weighted by Gasteiger charge is -2.31. The number of nitrogens with two attached hydrogens (primary N) is 1. The highest BCUT2D eigenvalue weighted by Gasteiger charge is 2.48. The molecule has 1 aliphatic rings. The summed E-state index contributed by atoms with van der Waals surface area (Å²) in [6, 6.07) is -0.0181. The lowest BCUT2D eigenvalue weighted by Crippen LogP contribution is -2.36. The minimum atomic E-state index is -0.189. The van der Waals surface area contributed by atoms with Gasteiger partial charge in [0.25, 0.3) is 0 Å². The Morgan fingerprint density at radius 1 is 1.44 bits per heavy atom. The van der Waals surface area contributed by atoms with Gasteiger partial charge in [-0.15, -0.1) is 0 Å². The molecule has 1 aromatic heterocycles. The number of hydrogen-bond donors (Lipinski definition) is 1. The molecule has 0 amide bonds. The number of aryl methyl sites for hydroxylation is 1. The van der Waals surface area contributed by atoms with Crippen molar-refractivity contribution in [1.29, 1.82) is 0 Å². The minimum absolute atomic E-state index is 0.0181. The van der Waals surface area contributed by atoms with Crippen molar-refractivity contribution in [3.63, 3.8) is 0 Å². The lowest BCUT2D eigenvalue weighted by molar-refractivity contribution is -0.0767. The Morgan fingerprint density at radius 2 is 2.06 bits per heavy atom. The van der Waals surface area contributed by atoms with E-state index in [0.29, 0.717) is 5.92 Å². The van der Waals surface area contributed by atoms with E-state index in [1.165, 1.54) is 0 Å². The maximum atomic E-state index is 6.48. The van der Waals surface area contributed by atoms with Gasteiger partial charge in [-0.05, 0) is 41.0 Å². The van der Waals surface area contributed by atoms with Crippen LogP contribution >= 0.6 is 0 Å². The molecule has 4 nitrogen and oxygen atoms in total. The molecule has 2 atom stereocenters. The highest BCUT2D eigenvalue weighted by atomic mass is 16.5. The van der Waals surface area contributed by atoms with E-state index in [-0.39, 0.29) is 17.2 Å². The highest BCUT2D eigenvalue weighted by molar-refractivity contribution is 5.22. The predicted molar refractivity (Wildman–Crippen MR) is 72.2 cm³/mol. The Balaban J connectivity index is 2.29. The normalized spacial score (nSPS) is 27.4. The molecule has 2 N–H and O–H groups in total. The highest BCUT2D eigenvalue weighted by Crippen LogP contribution is 2.47. The fourth-order valence-electron chi connectivity index (χ4n) is 3.22. The van der Waals surface area contributed by atoms with E-state index >= 15 is 0 Å². The van der Waals surface area contributed by atoms with Crippen LogP contribution in [-0.2, 0) is 11.8 Å². The van der Waals surface area contributed by atoms with Gasteiger partial charge in [0.1, 0.15) is 0 Å². The second kappa shape index (κ2) is 4.07. The van der Waals surface area contributed by atoms with Crippen LogP contribution in [0.4, 0.5) is 0 Å². The van der Waals surface area contributed by atoms with Crippen LogP contribution < -0.4 is 5.73 Å². The van der Waals surface area contributed by atoms with Gasteiger partial charge in [0, 0.05) is 30.3 Å². The first-order valence-electron chi connectivity index (χ1n) is 6.58. The molecular formula is C14H25N3O. The molecule has 1 aromatic rings. The Morgan fingerprint density at radius 3 is 2.44 bits per heavy atom. The molecular weight excluding hydrogens is 226 g/mol. The summed E-state index contributed by atoms with van der Waals surface area (Å²) in [4.78, 5) is 0. The third-order valence-electron chi connectivity index (χ3n) is 4.21. The molecule has 2 rings (SSSR count). The number of ether oxygens (including phenoxy) is 1. The van der Waals surface area contributed by atoms with E-state index in [4.69, 9.17) is 10.5 Å². The van der Waals surface area contributed by atoms with Gasteiger partial charge in [-0.3, -0.25) is 4.68 Å². The average molecular weight is 251 g/mol. The van der Waals surface area contributed by atoms with Crippen LogP contribution in [0.25, 0.3) is 0 Å². The summed E-state index contributed by atoms with van der Waals surface area (Å²) in [5, 5.41) is 4.29. The van der Waals surface area contributed by atoms with Crippen molar-refractivity contribution < 1.29 is 4.74 Å². The Kier molecular flexibility index (Phi) is 3.06. The summed E-state index contributed by atoms with van der Waals surface area (Å²) in [6.07, 6.45) is 2.87. The molecule has 2 heterocycles.